The molecule has 1 heterocycles. The van der Waals surface area contributed by atoms with Gasteiger partial charge < -0.3 is 4.74 Å². The molecule has 0 amide bonds. The summed E-state index contributed by atoms with van der Waals surface area (Å²) in [6.45, 7) is 3.45. The number of rotatable bonds is 7. The van der Waals surface area contributed by atoms with Crippen LogP contribution in [0.2, 0.25) is 0 Å². The molecule has 0 bridgehead atoms. The maximum Gasteiger partial charge on any atom is 0.0810 e. The van der Waals surface area contributed by atoms with Crippen molar-refractivity contribution in [2.45, 2.75) is 58.0 Å². The fourth-order valence-corrected chi connectivity index (χ4v) is 2.00. The molecular formula is C12H22O. The molecule has 0 N–H and O–H groups in total. The minimum Gasteiger partial charge on any atom is -0.373 e. The molecule has 0 aromatic heterocycles. The molecule has 1 heteroatoms. The molecule has 76 valence electrons. The topological polar surface area (TPSA) is 12.5 Å². The van der Waals surface area contributed by atoms with Crippen molar-refractivity contribution in [3.63, 3.8) is 0 Å². The van der Waals surface area contributed by atoms with Gasteiger partial charge in [0.25, 0.3) is 0 Å². The van der Waals surface area contributed by atoms with Crippen molar-refractivity contribution in [1.82, 2.24) is 0 Å². The van der Waals surface area contributed by atoms with Crippen molar-refractivity contribution in [3.8, 4) is 0 Å². The average Bonchev–Trinajstić information content (AvgIpc) is 2.97. The van der Waals surface area contributed by atoms with E-state index in [9.17, 15) is 0 Å². The van der Waals surface area contributed by atoms with Crippen molar-refractivity contribution < 1.29 is 4.74 Å². The molecule has 0 radical (unpaired) electrons. The summed E-state index contributed by atoms with van der Waals surface area (Å²) in [6, 6.07) is 0. The Morgan fingerprint density at radius 1 is 1.23 bits per heavy atom. The predicted molar refractivity (Wildman–Crippen MR) is 54.7 cm³/mol. The highest BCUT2D eigenvalue weighted by Gasteiger charge is 2.23. The van der Waals surface area contributed by atoms with E-state index < -0.39 is 0 Å². The summed E-state index contributed by atoms with van der Waals surface area (Å²) in [6.07, 6.45) is 10.8. The van der Waals surface area contributed by atoms with E-state index in [0.717, 1.165) is 18.4 Å². The Labute approximate surface area is 81.9 Å². The van der Waals surface area contributed by atoms with E-state index in [1.54, 1.807) is 0 Å². The summed E-state index contributed by atoms with van der Waals surface area (Å²) in [5.74, 6) is 2.08. The summed E-state index contributed by atoms with van der Waals surface area (Å²) in [5.41, 5.74) is 0. The Morgan fingerprint density at radius 2 is 2.00 bits per heavy atom. The maximum absolute atomic E-state index is 5.20. The summed E-state index contributed by atoms with van der Waals surface area (Å²) < 4.78 is 5.20. The van der Waals surface area contributed by atoms with E-state index in [4.69, 9.17) is 4.74 Å². The van der Waals surface area contributed by atoms with Crippen molar-refractivity contribution >= 4 is 0 Å². The summed E-state index contributed by atoms with van der Waals surface area (Å²) in [4.78, 5) is 0. The molecule has 2 fully saturated rings. The van der Waals surface area contributed by atoms with Crippen LogP contribution in [0.1, 0.15) is 51.9 Å². The van der Waals surface area contributed by atoms with Crippen molar-refractivity contribution in [1.29, 1.82) is 0 Å². The first-order chi connectivity index (χ1) is 6.34. The molecule has 2 atom stereocenters. The Hall–Kier alpha value is -0.0400. The third-order valence-corrected chi connectivity index (χ3v) is 3.39. The van der Waals surface area contributed by atoms with Crippen LogP contribution in [-0.2, 0) is 4.74 Å². The third-order valence-electron chi connectivity index (χ3n) is 3.39. The van der Waals surface area contributed by atoms with Crippen molar-refractivity contribution in [2.24, 2.45) is 11.8 Å². The Balaban J connectivity index is 1.42. The van der Waals surface area contributed by atoms with E-state index in [-0.39, 0.29) is 0 Å². The first kappa shape index (κ1) is 9.51. The lowest BCUT2D eigenvalue weighted by Crippen LogP contribution is -1.97. The first-order valence-electron chi connectivity index (χ1n) is 5.96. The minimum absolute atomic E-state index is 0.649. The van der Waals surface area contributed by atoms with Crippen LogP contribution in [0.25, 0.3) is 0 Å². The number of hydrogen-bond donors (Lipinski definition) is 0. The lowest BCUT2D eigenvalue weighted by molar-refractivity contribution is 0.372. The van der Waals surface area contributed by atoms with Gasteiger partial charge in [0.15, 0.2) is 0 Å². The second-order valence-electron chi connectivity index (χ2n) is 5.01. The van der Waals surface area contributed by atoms with Crippen LogP contribution in [0.5, 0.6) is 0 Å². The molecule has 0 spiro atoms. The molecule has 2 aliphatic rings. The van der Waals surface area contributed by atoms with Gasteiger partial charge in [-0.05, 0) is 18.3 Å². The zero-order valence-corrected chi connectivity index (χ0v) is 8.80. The molecule has 1 nitrogen and oxygen atoms in total. The molecule has 2 unspecified atom stereocenters. The SMILES string of the molecule is CC(CCCC1CO1)CCC1CC1. The highest BCUT2D eigenvalue weighted by Crippen LogP contribution is 2.35. The highest BCUT2D eigenvalue weighted by molar-refractivity contribution is 4.74. The highest BCUT2D eigenvalue weighted by atomic mass is 16.6. The van der Waals surface area contributed by atoms with Crippen molar-refractivity contribution in [2.75, 3.05) is 6.61 Å². The van der Waals surface area contributed by atoms with Gasteiger partial charge in [0.05, 0.1) is 12.7 Å². The summed E-state index contributed by atoms with van der Waals surface area (Å²) in [7, 11) is 0. The monoisotopic (exact) mass is 182 g/mol. The minimum atomic E-state index is 0.649. The maximum atomic E-state index is 5.20. The lowest BCUT2D eigenvalue weighted by atomic mass is 9.97. The van der Waals surface area contributed by atoms with Crippen LogP contribution in [0.4, 0.5) is 0 Å². The summed E-state index contributed by atoms with van der Waals surface area (Å²) in [5, 5.41) is 0. The standard InChI is InChI=1S/C12H22O/c1-10(5-6-11-7-8-11)3-2-4-12-9-13-12/h10-12H,2-9H2,1H3. The van der Waals surface area contributed by atoms with Crippen LogP contribution < -0.4 is 0 Å². The van der Waals surface area contributed by atoms with Gasteiger partial charge >= 0.3 is 0 Å². The van der Waals surface area contributed by atoms with Gasteiger partial charge in [-0.3, -0.25) is 0 Å². The fourth-order valence-electron chi connectivity index (χ4n) is 2.00. The Kier molecular flexibility index (Phi) is 3.26. The van der Waals surface area contributed by atoms with Gasteiger partial charge in [0.1, 0.15) is 0 Å². The van der Waals surface area contributed by atoms with Gasteiger partial charge in [0.2, 0.25) is 0 Å². The smallest absolute Gasteiger partial charge is 0.0810 e. The lowest BCUT2D eigenvalue weighted by Gasteiger charge is -2.09. The van der Waals surface area contributed by atoms with Gasteiger partial charge in [-0.15, -0.1) is 0 Å². The largest absolute Gasteiger partial charge is 0.373 e. The van der Waals surface area contributed by atoms with E-state index in [2.05, 4.69) is 6.92 Å². The fraction of sp³-hybridized carbons (Fsp3) is 1.00. The van der Waals surface area contributed by atoms with Crippen LogP contribution in [-0.4, -0.2) is 12.7 Å². The third kappa shape index (κ3) is 4.12. The normalized spacial score (nSPS) is 28.8. The van der Waals surface area contributed by atoms with Gasteiger partial charge in [-0.25, -0.2) is 0 Å². The van der Waals surface area contributed by atoms with Crippen LogP contribution in [0.3, 0.4) is 0 Å². The zero-order valence-electron chi connectivity index (χ0n) is 8.80. The number of epoxide rings is 1. The van der Waals surface area contributed by atoms with Gasteiger partial charge in [-0.2, -0.15) is 0 Å². The zero-order chi connectivity index (χ0) is 9.10. The molecule has 0 aromatic carbocycles. The molecular weight excluding hydrogens is 160 g/mol. The number of hydrogen-bond acceptors (Lipinski definition) is 1. The average molecular weight is 182 g/mol. The van der Waals surface area contributed by atoms with Gasteiger partial charge in [-0.1, -0.05) is 45.4 Å². The van der Waals surface area contributed by atoms with Crippen LogP contribution in [0, 0.1) is 11.8 Å². The Bertz CT molecular complexity index is 147. The van der Waals surface area contributed by atoms with E-state index in [0.29, 0.717) is 6.10 Å². The van der Waals surface area contributed by atoms with Crippen LogP contribution in [0.15, 0.2) is 0 Å². The summed E-state index contributed by atoms with van der Waals surface area (Å²) >= 11 is 0. The van der Waals surface area contributed by atoms with E-state index >= 15 is 0 Å². The second kappa shape index (κ2) is 4.45. The van der Waals surface area contributed by atoms with E-state index in [1.165, 1.54) is 44.9 Å². The molecule has 13 heavy (non-hydrogen) atoms. The Morgan fingerprint density at radius 3 is 2.62 bits per heavy atom. The van der Waals surface area contributed by atoms with Crippen molar-refractivity contribution in [3.05, 3.63) is 0 Å². The first-order valence-corrected chi connectivity index (χ1v) is 5.96. The molecule has 0 aromatic rings. The molecule has 1 aliphatic heterocycles. The molecule has 1 aliphatic carbocycles. The quantitative estimate of drug-likeness (QED) is 0.550. The molecule has 2 rings (SSSR count). The molecule has 1 saturated heterocycles. The van der Waals surface area contributed by atoms with E-state index in [1.807, 2.05) is 0 Å². The number of ether oxygens (including phenoxy) is 1. The van der Waals surface area contributed by atoms with Crippen LogP contribution >= 0.6 is 0 Å². The van der Waals surface area contributed by atoms with Gasteiger partial charge in [0, 0.05) is 0 Å². The predicted octanol–water partition coefficient (Wildman–Crippen LogP) is 3.38. The molecule has 1 saturated carbocycles. The second-order valence-corrected chi connectivity index (χ2v) is 5.01.